The van der Waals surface area contributed by atoms with Crippen molar-refractivity contribution < 1.29 is 19.8 Å². The molecule has 1 unspecified atom stereocenters. The van der Waals surface area contributed by atoms with Crippen molar-refractivity contribution in [3.63, 3.8) is 0 Å². The summed E-state index contributed by atoms with van der Waals surface area (Å²) < 4.78 is 0. The van der Waals surface area contributed by atoms with Crippen molar-refractivity contribution in [3.05, 3.63) is 29.8 Å². The van der Waals surface area contributed by atoms with Crippen LogP contribution < -0.4 is 10.6 Å². The van der Waals surface area contributed by atoms with E-state index in [0.29, 0.717) is 5.69 Å². The molecule has 0 aliphatic carbocycles. The van der Waals surface area contributed by atoms with Crippen LogP contribution in [-0.4, -0.2) is 34.9 Å². The van der Waals surface area contributed by atoms with E-state index in [1.807, 2.05) is 19.1 Å². The number of amides is 2. The molecule has 98 valence electrons. The highest BCUT2D eigenvalue weighted by Gasteiger charge is 2.12. The zero-order chi connectivity index (χ0) is 13.5. The summed E-state index contributed by atoms with van der Waals surface area (Å²) in [5.41, 5.74) is 1.74. The van der Waals surface area contributed by atoms with Gasteiger partial charge in [-0.2, -0.15) is 0 Å². The van der Waals surface area contributed by atoms with Crippen LogP contribution in [-0.2, 0) is 4.79 Å². The van der Waals surface area contributed by atoms with Gasteiger partial charge in [0.2, 0.25) is 0 Å². The first-order chi connectivity index (χ1) is 8.49. The van der Waals surface area contributed by atoms with Crippen molar-refractivity contribution in [2.45, 2.75) is 19.4 Å². The number of aryl methyl sites for hydroxylation is 1. The van der Waals surface area contributed by atoms with E-state index in [1.165, 1.54) is 0 Å². The number of aliphatic hydroxyl groups excluding tert-OH is 1. The van der Waals surface area contributed by atoms with E-state index in [1.54, 1.807) is 12.1 Å². The van der Waals surface area contributed by atoms with Crippen LogP contribution in [0.2, 0.25) is 0 Å². The Labute approximate surface area is 105 Å². The number of nitrogens with one attached hydrogen (secondary N) is 2. The molecular formula is C12H16N2O4. The second kappa shape index (κ2) is 6.61. The number of aliphatic carboxylic acids is 1. The molecule has 1 rings (SSSR count). The number of urea groups is 1. The SMILES string of the molecule is Cc1ccc(NC(=O)NCCC(O)C(=O)O)cc1. The van der Waals surface area contributed by atoms with Gasteiger partial charge < -0.3 is 20.8 Å². The van der Waals surface area contributed by atoms with Gasteiger partial charge in [-0.3, -0.25) is 0 Å². The number of carbonyl (C=O) groups excluding carboxylic acids is 1. The fourth-order valence-corrected chi connectivity index (χ4v) is 1.26. The number of hydrogen-bond acceptors (Lipinski definition) is 3. The van der Waals surface area contributed by atoms with E-state index in [2.05, 4.69) is 10.6 Å². The van der Waals surface area contributed by atoms with Gasteiger partial charge >= 0.3 is 12.0 Å². The number of carbonyl (C=O) groups is 2. The molecule has 18 heavy (non-hydrogen) atoms. The van der Waals surface area contributed by atoms with E-state index in [4.69, 9.17) is 10.2 Å². The predicted molar refractivity (Wildman–Crippen MR) is 66.5 cm³/mol. The van der Waals surface area contributed by atoms with Gasteiger partial charge in [-0.1, -0.05) is 17.7 Å². The summed E-state index contributed by atoms with van der Waals surface area (Å²) in [4.78, 5) is 21.7. The number of carboxylic acids is 1. The fourth-order valence-electron chi connectivity index (χ4n) is 1.26. The maximum atomic E-state index is 11.4. The minimum absolute atomic E-state index is 0.0311. The van der Waals surface area contributed by atoms with Crippen molar-refractivity contribution in [1.82, 2.24) is 5.32 Å². The van der Waals surface area contributed by atoms with Crippen LogP contribution >= 0.6 is 0 Å². The Morgan fingerprint density at radius 2 is 1.89 bits per heavy atom. The number of rotatable bonds is 5. The summed E-state index contributed by atoms with van der Waals surface area (Å²) in [6.45, 7) is 2.03. The lowest BCUT2D eigenvalue weighted by Crippen LogP contribution is -2.33. The zero-order valence-electron chi connectivity index (χ0n) is 10.0. The molecule has 0 spiro atoms. The molecule has 0 radical (unpaired) electrons. The van der Waals surface area contributed by atoms with Crippen molar-refractivity contribution in [3.8, 4) is 0 Å². The van der Waals surface area contributed by atoms with Gasteiger partial charge in [0.25, 0.3) is 0 Å². The number of aliphatic hydroxyl groups is 1. The summed E-state index contributed by atoms with van der Waals surface area (Å²) in [7, 11) is 0. The highest BCUT2D eigenvalue weighted by molar-refractivity contribution is 5.89. The van der Waals surface area contributed by atoms with E-state index in [9.17, 15) is 9.59 Å². The summed E-state index contributed by atoms with van der Waals surface area (Å²) in [5.74, 6) is -1.30. The van der Waals surface area contributed by atoms with Gasteiger partial charge in [-0.05, 0) is 19.1 Å². The molecule has 6 nitrogen and oxygen atoms in total. The molecule has 0 aliphatic rings. The second-order valence-corrected chi connectivity index (χ2v) is 3.89. The molecule has 0 fully saturated rings. The molecule has 1 aromatic carbocycles. The maximum absolute atomic E-state index is 11.4. The first-order valence-electron chi connectivity index (χ1n) is 5.51. The maximum Gasteiger partial charge on any atom is 0.332 e. The third-order valence-electron chi connectivity index (χ3n) is 2.30. The van der Waals surface area contributed by atoms with Crippen LogP contribution in [0.15, 0.2) is 24.3 Å². The Bertz CT molecular complexity index is 417. The van der Waals surface area contributed by atoms with E-state index in [0.717, 1.165) is 5.56 Å². The largest absolute Gasteiger partial charge is 0.479 e. The fraction of sp³-hybridized carbons (Fsp3) is 0.333. The molecule has 4 N–H and O–H groups in total. The average Bonchev–Trinajstić information content (AvgIpc) is 2.32. The molecular weight excluding hydrogens is 236 g/mol. The topological polar surface area (TPSA) is 98.7 Å². The first-order valence-corrected chi connectivity index (χ1v) is 5.51. The minimum atomic E-state index is -1.45. The Balaban J connectivity index is 2.30. The smallest absolute Gasteiger partial charge is 0.332 e. The molecule has 0 aliphatic heterocycles. The molecule has 0 aromatic heterocycles. The Morgan fingerprint density at radius 3 is 2.44 bits per heavy atom. The molecule has 0 saturated carbocycles. The van der Waals surface area contributed by atoms with Gasteiger partial charge in [0.1, 0.15) is 0 Å². The second-order valence-electron chi connectivity index (χ2n) is 3.89. The third-order valence-corrected chi connectivity index (χ3v) is 2.30. The predicted octanol–water partition coefficient (Wildman–Crippen LogP) is 0.952. The molecule has 2 amide bonds. The number of anilines is 1. The summed E-state index contributed by atoms with van der Waals surface area (Å²) in [6, 6.07) is 6.83. The molecule has 6 heteroatoms. The Morgan fingerprint density at radius 1 is 1.28 bits per heavy atom. The van der Waals surface area contributed by atoms with Crippen LogP contribution in [0.4, 0.5) is 10.5 Å². The lowest BCUT2D eigenvalue weighted by atomic mass is 10.2. The van der Waals surface area contributed by atoms with Crippen LogP contribution in [0.5, 0.6) is 0 Å². The summed E-state index contributed by atoms with van der Waals surface area (Å²) in [6.07, 6.45) is -1.49. The third kappa shape index (κ3) is 4.84. The molecule has 0 heterocycles. The quantitative estimate of drug-likeness (QED) is 0.627. The van der Waals surface area contributed by atoms with Crippen molar-refractivity contribution >= 4 is 17.7 Å². The Hall–Kier alpha value is -2.08. The first kappa shape index (κ1) is 14.0. The van der Waals surface area contributed by atoms with Gasteiger partial charge in [-0.15, -0.1) is 0 Å². The Kier molecular flexibility index (Phi) is 5.13. The monoisotopic (exact) mass is 252 g/mol. The number of hydrogen-bond donors (Lipinski definition) is 4. The van der Waals surface area contributed by atoms with Crippen LogP contribution in [0.1, 0.15) is 12.0 Å². The van der Waals surface area contributed by atoms with Gasteiger partial charge in [-0.25, -0.2) is 9.59 Å². The van der Waals surface area contributed by atoms with E-state index < -0.39 is 18.1 Å². The zero-order valence-corrected chi connectivity index (χ0v) is 10.0. The molecule has 1 aromatic rings. The lowest BCUT2D eigenvalue weighted by molar-refractivity contribution is -0.146. The molecule has 0 bridgehead atoms. The van der Waals surface area contributed by atoms with Crippen LogP contribution in [0.25, 0.3) is 0 Å². The number of benzene rings is 1. The van der Waals surface area contributed by atoms with E-state index in [-0.39, 0.29) is 13.0 Å². The van der Waals surface area contributed by atoms with Crippen molar-refractivity contribution in [2.24, 2.45) is 0 Å². The summed E-state index contributed by atoms with van der Waals surface area (Å²) in [5, 5.41) is 22.5. The highest BCUT2D eigenvalue weighted by Crippen LogP contribution is 2.07. The van der Waals surface area contributed by atoms with Crippen molar-refractivity contribution in [1.29, 1.82) is 0 Å². The van der Waals surface area contributed by atoms with Gasteiger partial charge in [0, 0.05) is 18.7 Å². The van der Waals surface area contributed by atoms with Crippen LogP contribution in [0, 0.1) is 6.92 Å². The van der Waals surface area contributed by atoms with E-state index >= 15 is 0 Å². The number of carboxylic acid groups (broad SMARTS) is 1. The normalized spacial score (nSPS) is 11.7. The lowest BCUT2D eigenvalue weighted by Gasteiger charge is -2.09. The van der Waals surface area contributed by atoms with Crippen LogP contribution in [0.3, 0.4) is 0 Å². The van der Waals surface area contributed by atoms with Gasteiger partial charge in [0.05, 0.1) is 0 Å². The average molecular weight is 252 g/mol. The molecule has 0 saturated heterocycles. The highest BCUT2D eigenvalue weighted by atomic mass is 16.4. The minimum Gasteiger partial charge on any atom is -0.479 e. The van der Waals surface area contributed by atoms with Crippen molar-refractivity contribution in [2.75, 3.05) is 11.9 Å². The molecule has 1 atom stereocenters. The standard InChI is InChI=1S/C12H16N2O4/c1-8-2-4-9(5-3-8)14-12(18)13-7-6-10(15)11(16)17/h2-5,10,15H,6-7H2,1H3,(H,16,17)(H2,13,14,18). The van der Waals surface area contributed by atoms with Gasteiger partial charge in [0.15, 0.2) is 6.10 Å². The summed E-state index contributed by atoms with van der Waals surface area (Å²) >= 11 is 0.